The number of nitrogens with zero attached hydrogens (tertiary/aromatic N) is 2. The number of nitrogens with one attached hydrogen (secondary N) is 1. The van der Waals surface area contributed by atoms with Gasteiger partial charge in [-0.1, -0.05) is 12.8 Å². The normalized spacial score (nSPS) is 24.5. The molecule has 0 radical (unpaired) electrons. The molecule has 1 heterocycles. The van der Waals surface area contributed by atoms with Crippen LogP contribution in [-0.4, -0.2) is 35.5 Å². The number of aliphatic hydroxyl groups excluding tert-OH is 1. The van der Waals surface area contributed by atoms with Gasteiger partial charge >= 0.3 is 0 Å². The largest absolute Gasteiger partial charge is 0.391 e. The molecule has 2 atom stereocenters. The number of anilines is 1. The number of nitrogen functional groups attached to an aromatic ring is 1. The quantitative estimate of drug-likeness (QED) is 0.726. The first-order chi connectivity index (χ1) is 8.94. The fourth-order valence-corrected chi connectivity index (χ4v) is 3.68. The first-order valence-corrected chi connectivity index (χ1v) is 7.95. The minimum Gasteiger partial charge on any atom is -0.391 e. The van der Waals surface area contributed by atoms with Crippen LogP contribution in [-0.2, 0) is 16.6 Å². The summed E-state index contributed by atoms with van der Waals surface area (Å²) in [6.07, 6.45) is 3.88. The number of aromatic nitrogens is 2. The molecule has 0 aromatic carbocycles. The number of aryl methyl sites for hydroxylation is 1. The molecule has 1 aliphatic rings. The molecule has 4 N–H and O–H groups in total. The van der Waals surface area contributed by atoms with Crippen LogP contribution in [0, 0.1) is 0 Å². The van der Waals surface area contributed by atoms with Crippen LogP contribution in [0.4, 0.5) is 5.82 Å². The fraction of sp³-hybridized carbons (Fsp3) is 0.727. The third-order valence-electron chi connectivity index (χ3n) is 3.40. The monoisotopic (exact) mass is 288 g/mol. The van der Waals surface area contributed by atoms with E-state index in [4.69, 9.17) is 5.73 Å². The van der Waals surface area contributed by atoms with Crippen molar-refractivity contribution in [1.29, 1.82) is 0 Å². The Morgan fingerprint density at radius 1 is 1.53 bits per heavy atom. The van der Waals surface area contributed by atoms with Gasteiger partial charge in [-0.3, -0.25) is 4.68 Å². The number of aliphatic hydroxyl groups is 1. The zero-order valence-corrected chi connectivity index (χ0v) is 11.7. The average molecular weight is 288 g/mol. The van der Waals surface area contributed by atoms with Gasteiger partial charge in [0.1, 0.15) is 4.90 Å². The molecule has 108 valence electrons. The molecular formula is C11H20N4O3S. The Morgan fingerprint density at radius 3 is 2.79 bits per heavy atom. The van der Waals surface area contributed by atoms with E-state index in [1.54, 1.807) is 0 Å². The lowest BCUT2D eigenvalue weighted by molar-refractivity contribution is 0.101. The summed E-state index contributed by atoms with van der Waals surface area (Å²) in [7, 11) is -3.73. The van der Waals surface area contributed by atoms with Gasteiger partial charge in [-0.05, 0) is 19.8 Å². The molecule has 2 rings (SSSR count). The van der Waals surface area contributed by atoms with Gasteiger partial charge in [0.15, 0.2) is 5.82 Å². The lowest BCUT2D eigenvalue weighted by Gasteiger charge is -2.27. The number of sulfonamides is 1. The Hall–Kier alpha value is -1.12. The Morgan fingerprint density at radius 2 is 2.21 bits per heavy atom. The first-order valence-electron chi connectivity index (χ1n) is 6.47. The highest BCUT2D eigenvalue weighted by Gasteiger charge is 2.30. The molecule has 0 aliphatic heterocycles. The van der Waals surface area contributed by atoms with Gasteiger partial charge in [0.2, 0.25) is 10.0 Å². The highest BCUT2D eigenvalue weighted by atomic mass is 32.2. The molecule has 1 aromatic heterocycles. The standard InChI is InChI=1S/C11H20N4O3S/c1-2-15-7-10(11(12)13-15)19(17,18)14-8-5-3-4-6-9(8)16/h7-9,14,16H,2-6H2,1H3,(H2,12,13). The second kappa shape index (κ2) is 5.48. The maximum Gasteiger partial charge on any atom is 0.246 e. The molecule has 1 saturated carbocycles. The van der Waals surface area contributed by atoms with E-state index in [1.165, 1.54) is 10.9 Å². The molecule has 1 aliphatic carbocycles. The maximum atomic E-state index is 12.2. The molecule has 1 fully saturated rings. The summed E-state index contributed by atoms with van der Waals surface area (Å²) in [5, 5.41) is 13.7. The van der Waals surface area contributed by atoms with Gasteiger partial charge in [0, 0.05) is 18.8 Å². The van der Waals surface area contributed by atoms with E-state index in [2.05, 4.69) is 9.82 Å². The molecule has 19 heavy (non-hydrogen) atoms. The number of rotatable bonds is 4. The highest BCUT2D eigenvalue weighted by molar-refractivity contribution is 7.89. The molecule has 7 nitrogen and oxygen atoms in total. The van der Waals surface area contributed by atoms with Crippen LogP contribution in [0.3, 0.4) is 0 Å². The Bertz CT molecular complexity index is 540. The van der Waals surface area contributed by atoms with Crippen molar-refractivity contribution in [2.24, 2.45) is 0 Å². The van der Waals surface area contributed by atoms with Crippen LogP contribution < -0.4 is 10.5 Å². The SMILES string of the molecule is CCn1cc(S(=O)(=O)NC2CCCCC2O)c(N)n1. The highest BCUT2D eigenvalue weighted by Crippen LogP contribution is 2.22. The molecular weight excluding hydrogens is 268 g/mol. The summed E-state index contributed by atoms with van der Waals surface area (Å²) in [5.41, 5.74) is 5.63. The third-order valence-corrected chi connectivity index (χ3v) is 4.91. The summed E-state index contributed by atoms with van der Waals surface area (Å²) in [6.45, 7) is 2.40. The van der Waals surface area contributed by atoms with Gasteiger partial charge in [-0.25, -0.2) is 13.1 Å². The Kier molecular flexibility index (Phi) is 4.12. The number of hydrogen-bond acceptors (Lipinski definition) is 5. The predicted molar refractivity (Wildman–Crippen MR) is 70.9 cm³/mol. The number of nitrogens with two attached hydrogens (primary N) is 1. The minimum absolute atomic E-state index is 0.0142. The molecule has 0 saturated heterocycles. The molecule has 1 aromatic rings. The van der Waals surface area contributed by atoms with E-state index in [0.717, 1.165) is 12.8 Å². The van der Waals surface area contributed by atoms with Gasteiger partial charge in [0.25, 0.3) is 0 Å². The van der Waals surface area contributed by atoms with Crippen LogP contribution >= 0.6 is 0 Å². The van der Waals surface area contributed by atoms with Crippen LogP contribution in [0.15, 0.2) is 11.1 Å². The zero-order valence-electron chi connectivity index (χ0n) is 10.9. The first kappa shape index (κ1) is 14.3. The topological polar surface area (TPSA) is 110 Å². The van der Waals surface area contributed by atoms with Crippen molar-refractivity contribution >= 4 is 15.8 Å². The molecule has 0 amide bonds. The van der Waals surface area contributed by atoms with Gasteiger partial charge in [-0.2, -0.15) is 5.10 Å². The van der Waals surface area contributed by atoms with Gasteiger partial charge < -0.3 is 10.8 Å². The smallest absolute Gasteiger partial charge is 0.246 e. The summed E-state index contributed by atoms with van der Waals surface area (Å²) in [4.78, 5) is -0.0212. The van der Waals surface area contributed by atoms with E-state index in [-0.39, 0.29) is 10.7 Å². The molecule has 0 spiro atoms. The van der Waals surface area contributed by atoms with Gasteiger partial charge in [0.05, 0.1) is 6.10 Å². The Labute approximate surface area is 112 Å². The van der Waals surface area contributed by atoms with Crippen molar-refractivity contribution in [2.75, 3.05) is 5.73 Å². The summed E-state index contributed by atoms with van der Waals surface area (Å²) in [5.74, 6) is -0.0142. The van der Waals surface area contributed by atoms with Crippen LogP contribution in [0.2, 0.25) is 0 Å². The lowest BCUT2D eigenvalue weighted by atomic mass is 9.93. The second-order valence-electron chi connectivity index (χ2n) is 4.81. The molecule has 2 unspecified atom stereocenters. The summed E-state index contributed by atoms with van der Waals surface area (Å²) < 4.78 is 28.5. The lowest BCUT2D eigenvalue weighted by Crippen LogP contribution is -2.45. The van der Waals surface area contributed by atoms with E-state index in [1.807, 2.05) is 6.92 Å². The maximum absolute atomic E-state index is 12.2. The van der Waals surface area contributed by atoms with Crippen molar-refractivity contribution in [1.82, 2.24) is 14.5 Å². The summed E-state index contributed by atoms with van der Waals surface area (Å²) >= 11 is 0. The summed E-state index contributed by atoms with van der Waals surface area (Å²) in [6, 6.07) is -0.442. The van der Waals surface area contributed by atoms with Crippen LogP contribution in [0.5, 0.6) is 0 Å². The zero-order chi connectivity index (χ0) is 14.0. The van der Waals surface area contributed by atoms with Crippen molar-refractivity contribution in [3.8, 4) is 0 Å². The van der Waals surface area contributed by atoms with E-state index in [0.29, 0.717) is 19.4 Å². The van der Waals surface area contributed by atoms with Gasteiger partial charge in [-0.15, -0.1) is 0 Å². The van der Waals surface area contributed by atoms with E-state index >= 15 is 0 Å². The predicted octanol–water partition coefficient (Wildman–Crippen LogP) is 0.0670. The molecule has 0 bridgehead atoms. The van der Waals surface area contributed by atoms with E-state index < -0.39 is 22.2 Å². The molecule has 8 heteroatoms. The number of hydrogen-bond donors (Lipinski definition) is 3. The van der Waals surface area contributed by atoms with Crippen LogP contribution in [0.1, 0.15) is 32.6 Å². The van der Waals surface area contributed by atoms with Crippen molar-refractivity contribution in [2.45, 2.75) is 56.2 Å². The van der Waals surface area contributed by atoms with Crippen molar-refractivity contribution in [3.05, 3.63) is 6.20 Å². The second-order valence-corrected chi connectivity index (χ2v) is 6.50. The fourth-order valence-electron chi connectivity index (χ4n) is 2.30. The van der Waals surface area contributed by atoms with Crippen LogP contribution in [0.25, 0.3) is 0 Å². The average Bonchev–Trinajstić information content (AvgIpc) is 2.74. The third kappa shape index (κ3) is 3.07. The Balaban J connectivity index is 2.19. The van der Waals surface area contributed by atoms with Crippen molar-refractivity contribution < 1.29 is 13.5 Å². The van der Waals surface area contributed by atoms with E-state index in [9.17, 15) is 13.5 Å². The minimum atomic E-state index is -3.73. The van der Waals surface area contributed by atoms with Crippen molar-refractivity contribution in [3.63, 3.8) is 0 Å².